The molecule has 1 aliphatic carbocycles. The van der Waals surface area contributed by atoms with E-state index in [1.807, 2.05) is 0 Å². The molecule has 0 saturated carbocycles. The van der Waals surface area contributed by atoms with Crippen LogP contribution in [0, 0.1) is 18.3 Å². The summed E-state index contributed by atoms with van der Waals surface area (Å²) in [4.78, 5) is 24.7. The Labute approximate surface area is 122 Å². The van der Waals surface area contributed by atoms with E-state index in [1.54, 1.807) is 39.0 Å². The van der Waals surface area contributed by atoms with Crippen molar-refractivity contribution in [1.29, 1.82) is 0 Å². The van der Waals surface area contributed by atoms with Gasteiger partial charge in [-0.25, -0.2) is 8.78 Å². The summed E-state index contributed by atoms with van der Waals surface area (Å²) < 4.78 is 32.1. The average molecular weight is 296 g/mol. The summed E-state index contributed by atoms with van der Waals surface area (Å²) in [5, 5.41) is 0. The minimum atomic E-state index is -3.09. The number of fused-ring (bicyclic) bond motifs is 1. The SMILES string of the molecule is Cc1cccc2c1C(=O)C(C(=O)OCC(C)C)(C(F)F)C2. The van der Waals surface area contributed by atoms with Gasteiger partial charge < -0.3 is 4.74 Å². The Kier molecular flexibility index (Phi) is 4.12. The Morgan fingerprint density at radius 3 is 2.57 bits per heavy atom. The summed E-state index contributed by atoms with van der Waals surface area (Å²) in [6.45, 7) is 5.31. The number of esters is 1. The highest BCUT2D eigenvalue weighted by atomic mass is 19.3. The molecule has 0 radical (unpaired) electrons. The van der Waals surface area contributed by atoms with Crippen molar-refractivity contribution in [1.82, 2.24) is 0 Å². The molecule has 114 valence electrons. The third kappa shape index (κ3) is 2.45. The zero-order valence-electron chi connectivity index (χ0n) is 12.3. The van der Waals surface area contributed by atoms with Crippen LogP contribution in [0.15, 0.2) is 18.2 Å². The molecule has 2 rings (SSSR count). The van der Waals surface area contributed by atoms with Crippen LogP contribution in [0.25, 0.3) is 0 Å². The number of ether oxygens (including phenoxy) is 1. The molecule has 3 nitrogen and oxygen atoms in total. The number of Topliss-reactive ketones (excluding diaryl/α,β-unsaturated/α-hetero) is 1. The first kappa shape index (κ1) is 15.6. The molecular weight excluding hydrogens is 278 g/mol. The van der Waals surface area contributed by atoms with Gasteiger partial charge in [-0.3, -0.25) is 9.59 Å². The van der Waals surface area contributed by atoms with Gasteiger partial charge >= 0.3 is 5.97 Å². The van der Waals surface area contributed by atoms with Crippen LogP contribution in [-0.4, -0.2) is 24.8 Å². The van der Waals surface area contributed by atoms with Gasteiger partial charge in [-0.2, -0.15) is 0 Å². The molecule has 0 spiro atoms. The van der Waals surface area contributed by atoms with Crippen LogP contribution in [-0.2, 0) is 16.0 Å². The van der Waals surface area contributed by atoms with E-state index in [2.05, 4.69) is 0 Å². The van der Waals surface area contributed by atoms with Crippen molar-refractivity contribution in [3.8, 4) is 0 Å². The number of carbonyl (C=O) groups is 2. The molecule has 0 saturated heterocycles. The molecule has 1 unspecified atom stereocenters. The van der Waals surface area contributed by atoms with Gasteiger partial charge in [0, 0.05) is 12.0 Å². The summed E-state index contributed by atoms with van der Waals surface area (Å²) in [7, 11) is 0. The van der Waals surface area contributed by atoms with Gasteiger partial charge in [0.15, 0.2) is 11.2 Å². The first-order valence-electron chi connectivity index (χ1n) is 6.89. The van der Waals surface area contributed by atoms with Gasteiger partial charge in [0.1, 0.15) is 0 Å². The normalized spacial score (nSPS) is 21.0. The second-order valence-corrected chi connectivity index (χ2v) is 5.88. The fourth-order valence-electron chi connectivity index (χ4n) is 2.61. The van der Waals surface area contributed by atoms with Gasteiger partial charge in [0.05, 0.1) is 6.61 Å². The second-order valence-electron chi connectivity index (χ2n) is 5.88. The van der Waals surface area contributed by atoms with Gasteiger partial charge in [-0.05, 0) is 24.0 Å². The Balaban J connectivity index is 2.41. The molecule has 1 aromatic rings. The molecule has 5 heteroatoms. The monoisotopic (exact) mass is 296 g/mol. The highest BCUT2D eigenvalue weighted by molar-refractivity contribution is 6.17. The Hall–Kier alpha value is -1.78. The van der Waals surface area contributed by atoms with E-state index < -0.39 is 23.6 Å². The smallest absolute Gasteiger partial charge is 0.326 e. The summed E-state index contributed by atoms with van der Waals surface area (Å²) >= 11 is 0. The van der Waals surface area contributed by atoms with Gasteiger partial charge in [-0.1, -0.05) is 32.0 Å². The molecule has 0 N–H and O–H groups in total. The van der Waals surface area contributed by atoms with E-state index in [4.69, 9.17) is 4.74 Å². The molecule has 0 aliphatic heterocycles. The highest BCUT2D eigenvalue weighted by Crippen LogP contribution is 2.43. The second kappa shape index (κ2) is 5.54. The maximum absolute atomic E-state index is 13.6. The zero-order valence-corrected chi connectivity index (χ0v) is 12.3. The third-order valence-electron chi connectivity index (χ3n) is 3.75. The molecule has 0 heterocycles. The minimum absolute atomic E-state index is 0.0179. The van der Waals surface area contributed by atoms with E-state index >= 15 is 0 Å². The molecule has 0 amide bonds. The number of hydrogen-bond donors (Lipinski definition) is 0. The molecule has 1 aromatic carbocycles. The van der Waals surface area contributed by atoms with Crippen LogP contribution in [0.3, 0.4) is 0 Å². The topological polar surface area (TPSA) is 43.4 Å². The standard InChI is InChI=1S/C16H18F2O3/c1-9(2)8-21-15(20)16(14(17)18)7-11-6-4-5-10(3)12(11)13(16)19/h4-6,9,14H,7-8H2,1-3H3. The minimum Gasteiger partial charge on any atom is -0.464 e. The molecule has 1 aliphatic rings. The predicted octanol–water partition coefficient (Wildman–Crippen LogP) is 3.18. The average Bonchev–Trinajstić information content (AvgIpc) is 2.71. The Morgan fingerprint density at radius 2 is 2.05 bits per heavy atom. The maximum Gasteiger partial charge on any atom is 0.326 e. The van der Waals surface area contributed by atoms with Crippen LogP contribution < -0.4 is 0 Å². The lowest BCUT2D eigenvalue weighted by atomic mass is 9.83. The summed E-state index contributed by atoms with van der Waals surface area (Å²) in [5.41, 5.74) is -1.05. The number of aryl methyl sites for hydroxylation is 1. The van der Waals surface area contributed by atoms with Crippen LogP contribution in [0.1, 0.15) is 35.3 Å². The van der Waals surface area contributed by atoms with Crippen LogP contribution in [0.2, 0.25) is 0 Å². The first-order chi connectivity index (χ1) is 9.80. The van der Waals surface area contributed by atoms with Crippen LogP contribution in [0.5, 0.6) is 0 Å². The van der Waals surface area contributed by atoms with Crippen LogP contribution >= 0.6 is 0 Å². The lowest BCUT2D eigenvalue weighted by Crippen LogP contribution is -2.45. The lowest BCUT2D eigenvalue weighted by Gasteiger charge is -2.24. The van der Waals surface area contributed by atoms with Crippen molar-refractivity contribution in [3.63, 3.8) is 0 Å². The molecule has 0 fully saturated rings. The fraction of sp³-hybridized carbons (Fsp3) is 0.500. The summed E-state index contributed by atoms with van der Waals surface area (Å²) in [6, 6.07) is 4.99. The molecule has 0 bridgehead atoms. The number of alkyl halides is 2. The van der Waals surface area contributed by atoms with Crippen molar-refractivity contribution < 1.29 is 23.1 Å². The number of ketones is 1. The van der Waals surface area contributed by atoms with E-state index in [0.717, 1.165) is 0 Å². The molecule has 21 heavy (non-hydrogen) atoms. The quantitative estimate of drug-likeness (QED) is 0.633. The third-order valence-corrected chi connectivity index (χ3v) is 3.75. The van der Waals surface area contributed by atoms with Crippen molar-refractivity contribution in [2.24, 2.45) is 11.3 Å². The zero-order chi connectivity index (χ0) is 15.8. The van der Waals surface area contributed by atoms with Crippen LogP contribution in [0.4, 0.5) is 8.78 Å². The maximum atomic E-state index is 13.6. The highest BCUT2D eigenvalue weighted by Gasteiger charge is 2.59. The Morgan fingerprint density at radius 1 is 1.38 bits per heavy atom. The van der Waals surface area contributed by atoms with Gasteiger partial charge in [0.2, 0.25) is 0 Å². The largest absolute Gasteiger partial charge is 0.464 e. The molecular formula is C16H18F2O3. The van der Waals surface area contributed by atoms with E-state index in [1.165, 1.54) is 0 Å². The van der Waals surface area contributed by atoms with Crippen molar-refractivity contribution >= 4 is 11.8 Å². The summed E-state index contributed by atoms with van der Waals surface area (Å²) in [6.07, 6.45) is -3.38. The van der Waals surface area contributed by atoms with E-state index in [-0.39, 0.29) is 24.5 Å². The predicted molar refractivity (Wildman–Crippen MR) is 73.4 cm³/mol. The van der Waals surface area contributed by atoms with Gasteiger partial charge in [0.25, 0.3) is 6.43 Å². The van der Waals surface area contributed by atoms with E-state index in [0.29, 0.717) is 11.1 Å². The number of carbonyl (C=O) groups excluding carboxylic acids is 2. The first-order valence-corrected chi connectivity index (χ1v) is 6.89. The number of halogens is 2. The number of hydrogen-bond acceptors (Lipinski definition) is 3. The fourth-order valence-corrected chi connectivity index (χ4v) is 2.61. The molecule has 1 atom stereocenters. The number of benzene rings is 1. The number of rotatable bonds is 4. The summed E-state index contributed by atoms with van der Waals surface area (Å²) in [5.74, 6) is -1.92. The van der Waals surface area contributed by atoms with Gasteiger partial charge in [-0.15, -0.1) is 0 Å². The van der Waals surface area contributed by atoms with Crippen molar-refractivity contribution in [2.45, 2.75) is 33.6 Å². The van der Waals surface area contributed by atoms with E-state index in [9.17, 15) is 18.4 Å². The van der Waals surface area contributed by atoms with Crippen molar-refractivity contribution in [3.05, 3.63) is 34.9 Å². The van der Waals surface area contributed by atoms with Crippen molar-refractivity contribution in [2.75, 3.05) is 6.61 Å². The Bertz CT molecular complexity index is 581. The lowest BCUT2D eigenvalue weighted by molar-refractivity contribution is -0.161. The molecule has 0 aromatic heterocycles.